The van der Waals surface area contributed by atoms with Crippen molar-refractivity contribution in [2.24, 2.45) is 5.84 Å². The Balaban J connectivity index is 2.17. The van der Waals surface area contributed by atoms with Gasteiger partial charge in [0.05, 0.1) is 12.2 Å². The van der Waals surface area contributed by atoms with E-state index < -0.39 is 0 Å². The maximum absolute atomic E-state index is 6.16. The first-order chi connectivity index (χ1) is 8.74. The van der Waals surface area contributed by atoms with Crippen molar-refractivity contribution in [2.75, 3.05) is 0 Å². The predicted octanol–water partition coefficient (Wildman–Crippen LogP) is 2.30. The van der Waals surface area contributed by atoms with Crippen LogP contribution < -0.4 is 11.3 Å². The second-order valence-corrected chi connectivity index (χ2v) is 4.55. The van der Waals surface area contributed by atoms with Gasteiger partial charge in [-0.3, -0.25) is 16.0 Å². The highest BCUT2D eigenvalue weighted by atomic mass is 35.5. The Labute approximate surface area is 112 Å². The largest absolute Gasteiger partial charge is 0.273 e. The number of halogens is 1. The van der Waals surface area contributed by atoms with E-state index in [1.807, 2.05) is 41.3 Å². The van der Waals surface area contributed by atoms with Gasteiger partial charge in [-0.25, -0.2) is 0 Å². The zero-order chi connectivity index (χ0) is 13.0. The second kappa shape index (κ2) is 6.00. The summed E-state index contributed by atoms with van der Waals surface area (Å²) in [5, 5.41) is 5.02. The van der Waals surface area contributed by atoms with E-state index in [1.54, 1.807) is 0 Å². The Hall–Kier alpha value is -1.36. The van der Waals surface area contributed by atoms with Crippen LogP contribution in [0.25, 0.3) is 0 Å². The average molecular weight is 265 g/mol. The molecule has 1 atom stereocenters. The standard InChI is InChI=1S/C13H17ClN4/c1-2-18-9-11(8-16-18)13(17-15)7-10-5-3-4-6-12(10)14/h3-6,8-9,13,17H,2,7,15H2,1H3. The lowest BCUT2D eigenvalue weighted by Gasteiger charge is -2.15. The molecule has 18 heavy (non-hydrogen) atoms. The van der Waals surface area contributed by atoms with Crippen LogP contribution in [0.15, 0.2) is 36.7 Å². The number of hydrazine groups is 1. The first-order valence-electron chi connectivity index (χ1n) is 5.96. The molecule has 0 radical (unpaired) electrons. The molecule has 0 aliphatic rings. The normalized spacial score (nSPS) is 12.6. The summed E-state index contributed by atoms with van der Waals surface area (Å²) in [5.74, 6) is 5.62. The van der Waals surface area contributed by atoms with Crippen LogP contribution in [-0.2, 0) is 13.0 Å². The molecule has 0 fully saturated rings. The highest BCUT2D eigenvalue weighted by Crippen LogP contribution is 2.22. The van der Waals surface area contributed by atoms with Crippen LogP contribution in [-0.4, -0.2) is 9.78 Å². The van der Waals surface area contributed by atoms with Crippen LogP contribution in [0.3, 0.4) is 0 Å². The third-order valence-electron chi connectivity index (χ3n) is 2.96. The van der Waals surface area contributed by atoms with Gasteiger partial charge in [0.25, 0.3) is 0 Å². The number of nitrogens with zero attached hydrogens (tertiary/aromatic N) is 2. The van der Waals surface area contributed by atoms with Crippen LogP contribution in [0.2, 0.25) is 5.02 Å². The number of benzene rings is 1. The van der Waals surface area contributed by atoms with E-state index in [4.69, 9.17) is 17.4 Å². The van der Waals surface area contributed by atoms with Gasteiger partial charge >= 0.3 is 0 Å². The summed E-state index contributed by atoms with van der Waals surface area (Å²) in [6, 6.07) is 7.82. The van der Waals surface area contributed by atoms with E-state index >= 15 is 0 Å². The quantitative estimate of drug-likeness (QED) is 0.644. The van der Waals surface area contributed by atoms with Crippen molar-refractivity contribution in [3.63, 3.8) is 0 Å². The minimum Gasteiger partial charge on any atom is -0.273 e. The lowest BCUT2D eigenvalue weighted by Crippen LogP contribution is -2.29. The number of nitrogens with one attached hydrogen (secondary N) is 1. The lowest BCUT2D eigenvalue weighted by atomic mass is 10.0. The molecule has 0 aliphatic heterocycles. The SMILES string of the molecule is CCn1cc(C(Cc2ccccc2Cl)NN)cn1. The first kappa shape index (κ1) is 13.1. The third-order valence-corrected chi connectivity index (χ3v) is 3.33. The molecule has 5 heteroatoms. The highest BCUT2D eigenvalue weighted by Gasteiger charge is 2.14. The molecule has 96 valence electrons. The third kappa shape index (κ3) is 2.90. The molecule has 3 N–H and O–H groups in total. The fourth-order valence-corrected chi connectivity index (χ4v) is 2.10. The van der Waals surface area contributed by atoms with Gasteiger partial charge in [-0.05, 0) is 25.0 Å². The monoisotopic (exact) mass is 264 g/mol. The van der Waals surface area contributed by atoms with E-state index in [0.29, 0.717) is 0 Å². The molecule has 0 bridgehead atoms. The summed E-state index contributed by atoms with van der Waals surface area (Å²) in [7, 11) is 0. The van der Waals surface area contributed by atoms with E-state index in [2.05, 4.69) is 17.4 Å². The first-order valence-corrected chi connectivity index (χ1v) is 6.34. The molecule has 2 aromatic rings. The van der Waals surface area contributed by atoms with Gasteiger partial charge in [-0.15, -0.1) is 0 Å². The van der Waals surface area contributed by atoms with E-state index in [0.717, 1.165) is 29.1 Å². The van der Waals surface area contributed by atoms with E-state index in [9.17, 15) is 0 Å². The Morgan fingerprint density at radius 1 is 1.44 bits per heavy atom. The van der Waals surface area contributed by atoms with Crippen molar-refractivity contribution in [3.05, 3.63) is 52.8 Å². The molecule has 0 aliphatic carbocycles. The zero-order valence-corrected chi connectivity index (χ0v) is 11.1. The lowest BCUT2D eigenvalue weighted by molar-refractivity contribution is 0.550. The molecule has 0 saturated heterocycles. The van der Waals surface area contributed by atoms with Gasteiger partial charge < -0.3 is 0 Å². The average Bonchev–Trinajstić information content (AvgIpc) is 2.86. The van der Waals surface area contributed by atoms with Gasteiger partial charge in [0.15, 0.2) is 0 Å². The maximum Gasteiger partial charge on any atom is 0.0538 e. The number of aromatic nitrogens is 2. The summed E-state index contributed by atoms with van der Waals surface area (Å²) in [6.45, 7) is 2.90. The minimum absolute atomic E-state index is 0.0187. The summed E-state index contributed by atoms with van der Waals surface area (Å²) in [6.07, 6.45) is 4.58. The summed E-state index contributed by atoms with van der Waals surface area (Å²) >= 11 is 6.16. The molecular formula is C13H17ClN4. The van der Waals surface area contributed by atoms with Crippen molar-refractivity contribution < 1.29 is 0 Å². The number of hydrogen-bond acceptors (Lipinski definition) is 3. The topological polar surface area (TPSA) is 55.9 Å². The van der Waals surface area contributed by atoms with Gasteiger partial charge in [-0.1, -0.05) is 29.8 Å². The Morgan fingerprint density at radius 3 is 2.83 bits per heavy atom. The molecule has 0 saturated carbocycles. The molecule has 4 nitrogen and oxygen atoms in total. The molecule has 1 unspecified atom stereocenters. The number of rotatable bonds is 5. The van der Waals surface area contributed by atoms with E-state index in [-0.39, 0.29) is 6.04 Å². The summed E-state index contributed by atoms with van der Waals surface area (Å²) < 4.78 is 1.88. The number of aryl methyl sites for hydroxylation is 1. The second-order valence-electron chi connectivity index (χ2n) is 4.14. The molecule has 1 aromatic heterocycles. The van der Waals surface area contributed by atoms with Crippen molar-refractivity contribution in [2.45, 2.75) is 25.9 Å². The Kier molecular flexibility index (Phi) is 4.36. The van der Waals surface area contributed by atoms with Crippen molar-refractivity contribution in [3.8, 4) is 0 Å². The van der Waals surface area contributed by atoms with E-state index in [1.165, 1.54) is 0 Å². The molecule has 0 spiro atoms. The van der Waals surface area contributed by atoms with Crippen LogP contribution in [0, 0.1) is 0 Å². The van der Waals surface area contributed by atoms with Gasteiger partial charge in [0.1, 0.15) is 0 Å². The fraction of sp³-hybridized carbons (Fsp3) is 0.308. The van der Waals surface area contributed by atoms with Crippen molar-refractivity contribution in [1.29, 1.82) is 0 Å². The molecule has 1 heterocycles. The maximum atomic E-state index is 6.16. The zero-order valence-electron chi connectivity index (χ0n) is 10.3. The predicted molar refractivity (Wildman–Crippen MR) is 73.1 cm³/mol. The highest BCUT2D eigenvalue weighted by molar-refractivity contribution is 6.31. The van der Waals surface area contributed by atoms with Gasteiger partial charge in [0.2, 0.25) is 0 Å². The fourth-order valence-electron chi connectivity index (χ4n) is 1.89. The van der Waals surface area contributed by atoms with Crippen LogP contribution in [0.4, 0.5) is 0 Å². The molecule has 0 amide bonds. The van der Waals surface area contributed by atoms with Gasteiger partial charge in [0, 0.05) is 23.3 Å². The summed E-state index contributed by atoms with van der Waals surface area (Å²) in [4.78, 5) is 0. The Morgan fingerprint density at radius 2 is 2.22 bits per heavy atom. The van der Waals surface area contributed by atoms with Crippen molar-refractivity contribution >= 4 is 11.6 Å². The number of nitrogens with two attached hydrogens (primary N) is 1. The van der Waals surface area contributed by atoms with Gasteiger partial charge in [-0.2, -0.15) is 5.10 Å². The molecular weight excluding hydrogens is 248 g/mol. The molecule has 2 rings (SSSR count). The smallest absolute Gasteiger partial charge is 0.0538 e. The summed E-state index contributed by atoms with van der Waals surface area (Å²) in [5.41, 5.74) is 4.96. The Bertz CT molecular complexity index is 509. The minimum atomic E-state index is 0.0187. The van der Waals surface area contributed by atoms with Crippen LogP contribution in [0.5, 0.6) is 0 Å². The molecule has 1 aromatic carbocycles. The van der Waals surface area contributed by atoms with Crippen LogP contribution in [0.1, 0.15) is 24.1 Å². The van der Waals surface area contributed by atoms with Crippen LogP contribution >= 0.6 is 11.6 Å². The van der Waals surface area contributed by atoms with Crippen molar-refractivity contribution in [1.82, 2.24) is 15.2 Å². The number of hydrogen-bond donors (Lipinski definition) is 2.